The maximum atomic E-state index is 5.88. The van der Waals surface area contributed by atoms with Gasteiger partial charge < -0.3 is 4.74 Å². The Bertz CT molecular complexity index is 328. The molecule has 3 nitrogen and oxygen atoms in total. The van der Waals surface area contributed by atoms with E-state index < -0.39 is 0 Å². The highest BCUT2D eigenvalue weighted by atomic mass is 35.5. The molecule has 0 spiro atoms. The van der Waals surface area contributed by atoms with E-state index in [1.165, 1.54) is 0 Å². The SMILES string of the molecule is Cc1cc(Cl)nc(C2(C)CCCO2)n1. The first-order valence-corrected chi connectivity index (χ1v) is 5.14. The Morgan fingerprint density at radius 2 is 2.29 bits per heavy atom. The van der Waals surface area contributed by atoms with E-state index in [9.17, 15) is 0 Å². The Labute approximate surface area is 88.5 Å². The highest BCUT2D eigenvalue weighted by Crippen LogP contribution is 2.33. The van der Waals surface area contributed by atoms with Crippen LogP contribution in [0.15, 0.2) is 6.07 Å². The fraction of sp³-hybridized carbons (Fsp3) is 0.600. The predicted molar refractivity (Wildman–Crippen MR) is 54.3 cm³/mol. The third-order valence-corrected chi connectivity index (χ3v) is 2.71. The predicted octanol–water partition coefficient (Wildman–Crippen LogP) is 2.46. The molecule has 1 aromatic heterocycles. The first-order valence-electron chi connectivity index (χ1n) is 4.76. The van der Waals surface area contributed by atoms with Crippen molar-refractivity contribution in [3.8, 4) is 0 Å². The minimum absolute atomic E-state index is 0.338. The lowest BCUT2D eigenvalue weighted by atomic mass is 10.0. The van der Waals surface area contributed by atoms with Crippen LogP contribution >= 0.6 is 11.6 Å². The molecule has 4 heteroatoms. The molecule has 1 fully saturated rings. The van der Waals surface area contributed by atoms with Gasteiger partial charge in [0.2, 0.25) is 0 Å². The van der Waals surface area contributed by atoms with Gasteiger partial charge in [-0.05, 0) is 32.8 Å². The zero-order valence-electron chi connectivity index (χ0n) is 8.38. The third kappa shape index (κ3) is 1.74. The van der Waals surface area contributed by atoms with Gasteiger partial charge in [-0.1, -0.05) is 11.6 Å². The van der Waals surface area contributed by atoms with Crippen LogP contribution < -0.4 is 0 Å². The van der Waals surface area contributed by atoms with Gasteiger partial charge in [-0.2, -0.15) is 0 Å². The summed E-state index contributed by atoms with van der Waals surface area (Å²) in [7, 11) is 0. The smallest absolute Gasteiger partial charge is 0.161 e. The molecule has 0 aromatic carbocycles. The van der Waals surface area contributed by atoms with Gasteiger partial charge in [-0.25, -0.2) is 9.97 Å². The molecule has 0 saturated carbocycles. The number of hydrogen-bond donors (Lipinski definition) is 0. The summed E-state index contributed by atoms with van der Waals surface area (Å²) in [6.45, 7) is 4.71. The molecule has 1 unspecified atom stereocenters. The van der Waals surface area contributed by atoms with Crippen LogP contribution in [0, 0.1) is 6.92 Å². The van der Waals surface area contributed by atoms with Crippen molar-refractivity contribution < 1.29 is 4.74 Å². The van der Waals surface area contributed by atoms with E-state index in [2.05, 4.69) is 9.97 Å². The number of aromatic nitrogens is 2. The summed E-state index contributed by atoms with van der Waals surface area (Å²) < 4.78 is 5.65. The van der Waals surface area contributed by atoms with Gasteiger partial charge in [0.05, 0.1) is 0 Å². The lowest BCUT2D eigenvalue weighted by Crippen LogP contribution is -2.23. The molecule has 2 rings (SSSR count). The zero-order valence-corrected chi connectivity index (χ0v) is 9.14. The first-order chi connectivity index (χ1) is 6.60. The molecule has 76 valence electrons. The minimum Gasteiger partial charge on any atom is -0.367 e. The molecular formula is C10H13ClN2O. The van der Waals surface area contributed by atoms with Crippen molar-refractivity contribution in [2.24, 2.45) is 0 Å². The van der Waals surface area contributed by atoms with Gasteiger partial charge in [-0.3, -0.25) is 0 Å². The van der Waals surface area contributed by atoms with Gasteiger partial charge in [0, 0.05) is 12.3 Å². The molecule has 1 saturated heterocycles. The van der Waals surface area contributed by atoms with Gasteiger partial charge in [0.15, 0.2) is 5.82 Å². The van der Waals surface area contributed by atoms with Crippen molar-refractivity contribution in [3.63, 3.8) is 0 Å². The maximum absolute atomic E-state index is 5.88. The summed E-state index contributed by atoms with van der Waals surface area (Å²) in [5.74, 6) is 0.708. The largest absolute Gasteiger partial charge is 0.367 e. The normalized spacial score (nSPS) is 26.8. The van der Waals surface area contributed by atoms with Gasteiger partial charge in [-0.15, -0.1) is 0 Å². The molecule has 1 aromatic rings. The van der Waals surface area contributed by atoms with Crippen molar-refractivity contribution in [2.45, 2.75) is 32.3 Å². The van der Waals surface area contributed by atoms with Crippen LogP contribution in [0.4, 0.5) is 0 Å². The lowest BCUT2D eigenvalue weighted by Gasteiger charge is -2.21. The van der Waals surface area contributed by atoms with Crippen molar-refractivity contribution in [2.75, 3.05) is 6.61 Å². The summed E-state index contributed by atoms with van der Waals surface area (Å²) in [5.41, 5.74) is 0.548. The first kappa shape index (κ1) is 9.87. The minimum atomic E-state index is -0.338. The van der Waals surface area contributed by atoms with Crippen LogP contribution in [-0.4, -0.2) is 16.6 Å². The van der Waals surface area contributed by atoms with Crippen molar-refractivity contribution >= 4 is 11.6 Å². The Balaban J connectivity index is 2.40. The topological polar surface area (TPSA) is 35.0 Å². The average molecular weight is 213 g/mol. The molecule has 0 radical (unpaired) electrons. The van der Waals surface area contributed by atoms with Crippen LogP contribution in [0.1, 0.15) is 31.3 Å². The molecule has 1 atom stereocenters. The van der Waals surface area contributed by atoms with Gasteiger partial charge in [0.25, 0.3) is 0 Å². The Kier molecular flexibility index (Phi) is 2.45. The molecule has 0 bridgehead atoms. The molecule has 1 aliphatic heterocycles. The van der Waals surface area contributed by atoms with Crippen LogP contribution in [0.25, 0.3) is 0 Å². The Hall–Kier alpha value is -0.670. The fourth-order valence-electron chi connectivity index (χ4n) is 1.72. The van der Waals surface area contributed by atoms with Crippen LogP contribution in [-0.2, 0) is 10.3 Å². The second kappa shape index (κ2) is 3.48. The highest BCUT2D eigenvalue weighted by Gasteiger charge is 2.34. The summed E-state index contributed by atoms with van der Waals surface area (Å²) in [4.78, 5) is 8.58. The van der Waals surface area contributed by atoms with Crippen molar-refractivity contribution in [1.82, 2.24) is 9.97 Å². The number of ether oxygens (including phenoxy) is 1. The van der Waals surface area contributed by atoms with E-state index >= 15 is 0 Å². The molecule has 1 aliphatic rings. The molecule has 0 aliphatic carbocycles. The van der Waals surface area contributed by atoms with E-state index in [-0.39, 0.29) is 5.60 Å². The van der Waals surface area contributed by atoms with E-state index in [1.807, 2.05) is 13.8 Å². The van der Waals surface area contributed by atoms with Gasteiger partial charge >= 0.3 is 0 Å². The van der Waals surface area contributed by atoms with E-state index in [0.29, 0.717) is 11.0 Å². The lowest BCUT2D eigenvalue weighted by molar-refractivity contribution is 0.00920. The summed E-state index contributed by atoms with van der Waals surface area (Å²) in [5, 5.41) is 0.490. The summed E-state index contributed by atoms with van der Waals surface area (Å²) in [6, 6.07) is 1.75. The van der Waals surface area contributed by atoms with Crippen molar-refractivity contribution in [3.05, 3.63) is 22.7 Å². The second-order valence-electron chi connectivity index (χ2n) is 3.84. The summed E-state index contributed by atoms with van der Waals surface area (Å²) in [6.07, 6.45) is 2.03. The zero-order chi connectivity index (χ0) is 10.2. The number of nitrogens with zero attached hydrogens (tertiary/aromatic N) is 2. The standard InChI is InChI=1S/C10H13ClN2O/c1-7-6-8(11)13-9(12-7)10(2)4-3-5-14-10/h6H,3-5H2,1-2H3. The molecule has 0 amide bonds. The Morgan fingerprint density at radius 1 is 1.50 bits per heavy atom. The molecule has 2 heterocycles. The van der Waals surface area contributed by atoms with Crippen LogP contribution in [0.5, 0.6) is 0 Å². The van der Waals surface area contributed by atoms with Crippen LogP contribution in [0.2, 0.25) is 5.15 Å². The highest BCUT2D eigenvalue weighted by molar-refractivity contribution is 6.29. The number of aryl methyl sites for hydroxylation is 1. The van der Waals surface area contributed by atoms with Gasteiger partial charge in [0.1, 0.15) is 10.8 Å². The molecule has 14 heavy (non-hydrogen) atoms. The number of halogens is 1. The molecule has 0 N–H and O–H groups in total. The van der Waals surface area contributed by atoms with E-state index in [4.69, 9.17) is 16.3 Å². The van der Waals surface area contributed by atoms with Crippen LogP contribution in [0.3, 0.4) is 0 Å². The quantitative estimate of drug-likeness (QED) is 0.671. The monoisotopic (exact) mass is 212 g/mol. The van der Waals surface area contributed by atoms with Crippen molar-refractivity contribution in [1.29, 1.82) is 0 Å². The second-order valence-corrected chi connectivity index (χ2v) is 4.23. The Morgan fingerprint density at radius 3 is 2.86 bits per heavy atom. The third-order valence-electron chi connectivity index (χ3n) is 2.51. The summed E-state index contributed by atoms with van der Waals surface area (Å²) >= 11 is 5.88. The average Bonchev–Trinajstić information content (AvgIpc) is 2.52. The van der Waals surface area contributed by atoms with E-state index in [1.54, 1.807) is 6.07 Å². The number of rotatable bonds is 1. The molecular weight excluding hydrogens is 200 g/mol. The maximum Gasteiger partial charge on any atom is 0.161 e. The number of hydrogen-bond acceptors (Lipinski definition) is 3. The van der Waals surface area contributed by atoms with E-state index in [0.717, 1.165) is 25.1 Å². The fourth-order valence-corrected chi connectivity index (χ4v) is 1.96.